The maximum atomic E-state index is 3.55. The first-order valence-electron chi connectivity index (χ1n) is 8.79. The van der Waals surface area contributed by atoms with Gasteiger partial charge >= 0.3 is 0 Å². The molecule has 0 bridgehead atoms. The number of aromatic amines is 1. The van der Waals surface area contributed by atoms with E-state index in [-0.39, 0.29) is 0 Å². The Hall–Kier alpha value is -3.10. The van der Waals surface area contributed by atoms with Crippen LogP contribution in [0.4, 0.5) is 0 Å². The minimum absolute atomic E-state index is 1.19. The van der Waals surface area contributed by atoms with Crippen LogP contribution in [0, 0.1) is 0 Å². The molecule has 0 saturated heterocycles. The Morgan fingerprint density at radius 2 is 1.15 bits per heavy atom. The smallest absolute Gasteiger partial charge is 0.0471 e. The topological polar surface area (TPSA) is 15.8 Å². The average molecular weight is 349 g/mol. The van der Waals surface area contributed by atoms with Gasteiger partial charge in [-0.15, -0.1) is 11.3 Å². The highest BCUT2D eigenvalue weighted by Gasteiger charge is 2.08. The zero-order valence-electron chi connectivity index (χ0n) is 14.0. The SMILES string of the molecule is c1ccc2c(c1)[nH]c1cc(-c3ccc4c(c3)sc3ccccc34)ccc12. The molecule has 0 saturated carbocycles. The number of hydrogen-bond donors (Lipinski definition) is 1. The van der Waals surface area contributed by atoms with Crippen molar-refractivity contribution in [2.75, 3.05) is 0 Å². The molecule has 0 amide bonds. The van der Waals surface area contributed by atoms with Crippen LogP contribution in [0.15, 0.2) is 84.9 Å². The van der Waals surface area contributed by atoms with Crippen molar-refractivity contribution in [2.24, 2.45) is 0 Å². The fourth-order valence-electron chi connectivity index (χ4n) is 3.94. The minimum Gasteiger partial charge on any atom is -0.354 e. The van der Waals surface area contributed by atoms with Gasteiger partial charge in [0.05, 0.1) is 0 Å². The molecule has 2 heterocycles. The molecule has 26 heavy (non-hydrogen) atoms. The van der Waals surface area contributed by atoms with Crippen molar-refractivity contribution in [1.29, 1.82) is 0 Å². The Labute approximate surface area is 154 Å². The number of nitrogens with one attached hydrogen (secondary N) is 1. The third kappa shape index (κ3) is 1.97. The molecular weight excluding hydrogens is 334 g/mol. The van der Waals surface area contributed by atoms with Crippen molar-refractivity contribution in [3.05, 3.63) is 84.9 Å². The number of benzene rings is 4. The number of H-pyrrole nitrogens is 1. The standard InChI is InChI=1S/C24H15NS/c1-3-7-21-17(5-1)18-11-9-15(13-22(18)25-21)16-10-12-20-19-6-2-4-8-23(19)26-24(20)14-16/h1-14,25H. The van der Waals surface area contributed by atoms with Crippen molar-refractivity contribution in [3.63, 3.8) is 0 Å². The molecule has 1 N–H and O–H groups in total. The highest BCUT2D eigenvalue weighted by Crippen LogP contribution is 2.37. The van der Waals surface area contributed by atoms with E-state index in [0.29, 0.717) is 0 Å². The van der Waals surface area contributed by atoms with Crippen molar-refractivity contribution in [2.45, 2.75) is 0 Å². The molecule has 0 atom stereocenters. The Bertz CT molecular complexity index is 1320. The first-order valence-corrected chi connectivity index (χ1v) is 9.61. The zero-order chi connectivity index (χ0) is 17.1. The number of para-hydroxylation sites is 1. The van der Waals surface area contributed by atoms with Crippen LogP contribution in [0.1, 0.15) is 0 Å². The Morgan fingerprint density at radius 1 is 0.500 bits per heavy atom. The molecule has 1 nitrogen and oxygen atoms in total. The van der Waals surface area contributed by atoms with Crippen LogP contribution in [0.25, 0.3) is 53.1 Å². The maximum Gasteiger partial charge on any atom is 0.0471 e. The fourth-order valence-corrected chi connectivity index (χ4v) is 5.08. The third-order valence-electron chi connectivity index (χ3n) is 5.22. The molecule has 0 unspecified atom stereocenters. The Balaban J connectivity index is 1.57. The second kappa shape index (κ2) is 5.20. The van der Waals surface area contributed by atoms with Crippen LogP contribution in [0.2, 0.25) is 0 Å². The lowest BCUT2D eigenvalue weighted by Gasteiger charge is -2.03. The highest BCUT2D eigenvalue weighted by atomic mass is 32.1. The molecule has 0 fully saturated rings. The summed E-state index contributed by atoms with van der Waals surface area (Å²) >= 11 is 1.87. The van der Waals surface area contributed by atoms with Gasteiger partial charge in [-0.25, -0.2) is 0 Å². The molecule has 0 spiro atoms. The second-order valence-corrected chi connectivity index (χ2v) is 7.82. The first-order chi connectivity index (χ1) is 12.9. The number of fused-ring (bicyclic) bond motifs is 6. The van der Waals surface area contributed by atoms with Gasteiger partial charge in [0.2, 0.25) is 0 Å². The van der Waals surface area contributed by atoms with E-state index in [2.05, 4.69) is 89.9 Å². The minimum atomic E-state index is 1.19. The lowest BCUT2D eigenvalue weighted by molar-refractivity contribution is 1.54. The van der Waals surface area contributed by atoms with E-state index in [0.717, 1.165) is 0 Å². The van der Waals surface area contributed by atoms with Gasteiger partial charge in [-0.2, -0.15) is 0 Å². The Morgan fingerprint density at radius 3 is 2.08 bits per heavy atom. The molecule has 6 aromatic rings. The summed E-state index contributed by atoms with van der Waals surface area (Å²) in [5.41, 5.74) is 4.91. The monoisotopic (exact) mass is 349 g/mol. The molecular formula is C24H15NS. The van der Waals surface area contributed by atoms with Gasteiger partial charge in [-0.05, 0) is 35.4 Å². The summed E-state index contributed by atoms with van der Waals surface area (Å²) in [5, 5.41) is 5.27. The normalized spacial score (nSPS) is 11.8. The van der Waals surface area contributed by atoms with Crippen LogP contribution >= 0.6 is 11.3 Å². The molecule has 2 aromatic heterocycles. The third-order valence-corrected chi connectivity index (χ3v) is 6.35. The number of hydrogen-bond acceptors (Lipinski definition) is 1. The van der Waals surface area contributed by atoms with E-state index in [1.165, 1.54) is 53.1 Å². The van der Waals surface area contributed by atoms with E-state index in [4.69, 9.17) is 0 Å². The predicted octanol–water partition coefficient (Wildman–Crippen LogP) is 7.36. The summed E-state index contributed by atoms with van der Waals surface area (Å²) in [6, 6.07) is 30.7. The molecule has 0 radical (unpaired) electrons. The number of aromatic nitrogens is 1. The lowest BCUT2D eigenvalue weighted by Crippen LogP contribution is -1.78. The Kier molecular flexibility index (Phi) is 2.82. The van der Waals surface area contributed by atoms with Gasteiger partial charge in [0.1, 0.15) is 0 Å². The van der Waals surface area contributed by atoms with E-state index in [1.54, 1.807) is 0 Å². The molecule has 0 aliphatic carbocycles. The van der Waals surface area contributed by atoms with Crippen molar-refractivity contribution >= 4 is 53.3 Å². The fraction of sp³-hybridized carbons (Fsp3) is 0. The quantitative estimate of drug-likeness (QED) is 0.319. The van der Waals surface area contributed by atoms with Crippen molar-refractivity contribution in [1.82, 2.24) is 4.98 Å². The molecule has 6 rings (SSSR count). The van der Waals surface area contributed by atoms with Crippen LogP contribution in [0.3, 0.4) is 0 Å². The number of rotatable bonds is 1. The predicted molar refractivity (Wildman–Crippen MR) is 114 cm³/mol. The largest absolute Gasteiger partial charge is 0.354 e. The molecule has 4 aromatic carbocycles. The summed E-state index contributed by atoms with van der Waals surface area (Å²) in [7, 11) is 0. The van der Waals surface area contributed by atoms with Gasteiger partial charge in [-0.3, -0.25) is 0 Å². The molecule has 2 heteroatoms. The van der Waals surface area contributed by atoms with Gasteiger partial charge in [0.15, 0.2) is 0 Å². The van der Waals surface area contributed by atoms with Crippen LogP contribution in [0.5, 0.6) is 0 Å². The van der Waals surface area contributed by atoms with Gasteiger partial charge in [-0.1, -0.05) is 60.7 Å². The van der Waals surface area contributed by atoms with E-state index in [9.17, 15) is 0 Å². The van der Waals surface area contributed by atoms with Crippen LogP contribution in [-0.2, 0) is 0 Å². The molecule has 122 valence electrons. The van der Waals surface area contributed by atoms with E-state index < -0.39 is 0 Å². The molecule has 0 aliphatic rings. The van der Waals surface area contributed by atoms with Gasteiger partial charge in [0.25, 0.3) is 0 Å². The first kappa shape index (κ1) is 14.1. The summed E-state index contributed by atoms with van der Waals surface area (Å²) in [5.74, 6) is 0. The summed E-state index contributed by atoms with van der Waals surface area (Å²) < 4.78 is 2.70. The summed E-state index contributed by atoms with van der Waals surface area (Å²) in [6.45, 7) is 0. The van der Waals surface area contributed by atoms with E-state index in [1.807, 2.05) is 11.3 Å². The van der Waals surface area contributed by atoms with Crippen molar-refractivity contribution in [3.8, 4) is 11.1 Å². The summed E-state index contributed by atoms with van der Waals surface area (Å²) in [4.78, 5) is 3.55. The average Bonchev–Trinajstić information content (AvgIpc) is 3.24. The van der Waals surface area contributed by atoms with Gasteiger partial charge < -0.3 is 4.98 Å². The maximum absolute atomic E-state index is 3.55. The summed E-state index contributed by atoms with van der Waals surface area (Å²) in [6.07, 6.45) is 0. The number of thiophene rings is 1. The van der Waals surface area contributed by atoms with Crippen LogP contribution in [-0.4, -0.2) is 4.98 Å². The molecule has 0 aliphatic heterocycles. The zero-order valence-corrected chi connectivity index (χ0v) is 14.8. The van der Waals surface area contributed by atoms with E-state index >= 15 is 0 Å². The van der Waals surface area contributed by atoms with Gasteiger partial charge in [0, 0.05) is 42.0 Å². The second-order valence-electron chi connectivity index (χ2n) is 6.74. The highest BCUT2D eigenvalue weighted by molar-refractivity contribution is 7.25. The lowest BCUT2D eigenvalue weighted by atomic mass is 10.0. The van der Waals surface area contributed by atoms with Crippen molar-refractivity contribution < 1.29 is 0 Å². The van der Waals surface area contributed by atoms with Crippen LogP contribution < -0.4 is 0 Å².